The maximum absolute atomic E-state index is 10.4. The Bertz CT molecular complexity index is 112. The minimum atomic E-state index is -3.06. The first kappa shape index (κ1) is 13.2. The van der Waals surface area contributed by atoms with Gasteiger partial charge in [0.2, 0.25) is 0 Å². The van der Waals surface area contributed by atoms with Crippen LogP contribution in [0.15, 0.2) is 0 Å². The summed E-state index contributed by atoms with van der Waals surface area (Å²) in [6.45, 7) is 3.48. The van der Waals surface area contributed by atoms with E-state index >= 15 is 0 Å². The maximum Gasteiger partial charge on any atom is 2.00 e. The van der Waals surface area contributed by atoms with Crippen molar-refractivity contribution >= 4 is 29.7 Å². The molecule has 0 radical (unpaired) electrons. The number of hydrogen-bond donors (Lipinski definition) is 0. The van der Waals surface area contributed by atoms with E-state index in [1.165, 1.54) is 0 Å². The molecule has 50 valence electrons. The van der Waals surface area contributed by atoms with Crippen molar-refractivity contribution in [3.63, 3.8) is 0 Å². The first-order valence-corrected chi connectivity index (χ1v) is 5.77. The van der Waals surface area contributed by atoms with E-state index in [2.05, 4.69) is 28.6 Å². The molecular formula is C3H7O2PS2Zn. The molecule has 0 aromatic rings. The molecule has 0 aliphatic carbocycles. The summed E-state index contributed by atoms with van der Waals surface area (Å²) in [5.74, 6) is 0. The second kappa shape index (κ2) is 5.23. The van der Waals surface area contributed by atoms with Crippen LogP contribution in [-0.4, -0.2) is 6.10 Å². The third-order valence-electron chi connectivity index (χ3n) is 0.340. The number of rotatable bonds is 2. The molecule has 0 aromatic carbocycles. The van der Waals surface area contributed by atoms with Gasteiger partial charge < -0.3 is 21.7 Å². The molecule has 1 unspecified atom stereocenters. The van der Waals surface area contributed by atoms with Crippen molar-refractivity contribution in [1.82, 2.24) is 0 Å². The topological polar surface area (TPSA) is 32.3 Å². The first-order valence-electron chi connectivity index (χ1n) is 2.12. The van der Waals surface area contributed by atoms with Gasteiger partial charge in [-0.1, -0.05) is 0 Å². The smallest absolute Gasteiger partial charge is 0.819 e. The normalized spacial score (nSPS) is 16.6. The molecule has 0 heterocycles. The molecule has 9 heavy (non-hydrogen) atoms. The monoisotopic (exact) mass is 234 g/mol. The second-order valence-electron chi connectivity index (χ2n) is 1.60. The van der Waals surface area contributed by atoms with Gasteiger partial charge in [0.1, 0.15) is 0 Å². The molecule has 0 saturated heterocycles. The van der Waals surface area contributed by atoms with Gasteiger partial charge in [-0.15, -0.1) is 17.5 Å². The second-order valence-corrected chi connectivity index (χ2v) is 6.28. The van der Waals surface area contributed by atoms with Gasteiger partial charge in [-0.3, -0.25) is 0 Å². The standard InChI is InChI=1S/C3H9O2PS2.Zn/c1-3(2)5-6(4,7)8;/h3H,1-2H3,(H2,4,7,8);/q;+2/p-2. The Kier molecular flexibility index (Phi) is 7.64. The van der Waals surface area contributed by atoms with E-state index in [4.69, 9.17) is 0 Å². The quantitative estimate of drug-likeness (QED) is 0.397. The number of hydrogen-bond acceptors (Lipinski definition) is 4. The maximum atomic E-state index is 10.4. The third-order valence-corrected chi connectivity index (χ3v) is 1.54. The molecule has 0 aliphatic rings. The molecule has 0 fully saturated rings. The van der Waals surface area contributed by atoms with Crippen molar-refractivity contribution in [3.8, 4) is 0 Å². The van der Waals surface area contributed by atoms with Gasteiger partial charge in [0, 0.05) is 0 Å². The van der Waals surface area contributed by atoms with Gasteiger partial charge in [-0.05, 0) is 13.8 Å². The Balaban J connectivity index is 0. The van der Waals surface area contributed by atoms with Crippen LogP contribution < -0.4 is 4.89 Å². The molecule has 0 N–H and O–H groups in total. The molecule has 6 heteroatoms. The zero-order valence-electron chi connectivity index (χ0n) is 5.36. The van der Waals surface area contributed by atoms with Gasteiger partial charge >= 0.3 is 19.5 Å². The van der Waals surface area contributed by atoms with Crippen LogP contribution in [0.25, 0.3) is 0 Å². The Hall–Kier alpha value is 1.54. The van der Waals surface area contributed by atoms with Crippen molar-refractivity contribution in [2.75, 3.05) is 0 Å². The van der Waals surface area contributed by atoms with Crippen LogP contribution in [0, 0.1) is 0 Å². The minimum absolute atomic E-state index is 0. The van der Waals surface area contributed by atoms with Crippen LogP contribution in [0.3, 0.4) is 0 Å². The van der Waals surface area contributed by atoms with Gasteiger partial charge in [-0.2, -0.15) is 0 Å². The van der Waals surface area contributed by atoms with E-state index in [1.54, 1.807) is 13.8 Å². The molecule has 1 atom stereocenters. The Morgan fingerprint density at radius 2 is 2.00 bits per heavy atom. The molecule has 0 aromatic heterocycles. The Morgan fingerprint density at radius 1 is 1.67 bits per heavy atom. The minimum Gasteiger partial charge on any atom is -0.819 e. The third kappa shape index (κ3) is 12.7. The van der Waals surface area contributed by atoms with Crippen LogP contribution in [0.5, 0.6) is 0 Å². The molecular weight excluding hydrogens is 229 g/mol. The van der Waals surface area contributed by atoms with Gasteiger partial charge in [0.25, 0.3) is 0 Å². The summed E-state index contributed by atoms with van der Waals surface area (Å²) in [5.41, 5.74) is -3.06. The SMILES string of the molecule is CC(C)OP([O-])(=S)[S-].[Zn+2]. The van der Waals surface area contributed by atoms with E-state index < -0.39 is 5.69 Å². The molecule has 2 nitrogen and oxygen atoms in total. The zero-order valence-corrected chi connectivity index (χ0v) is 10.9. The molecule has 0 amide bonds. The van der Waals surface area contributed by atoms with E-state index in [9.17, 15) is 4.89 Å². The van der Waals surface area contributed by atoms with Crippen LogP contribution in [-0.2, 0) is 48.1 Å². The fourth-order valence-corrected chi connectivity index (χ4v) is 1.81. The summed E-state index contributed by atoms with van der Waals surface area (Å²) in [5, 5.41) is 0. The predicted octanol–water partition coefficient (Wildman–Crippen LogP) is 0.541. The summed E-state index contributed by atoms with van der Waals surface area (Å²) < 4.78 is 4.62. The molecule has 0 rings (SSSR count). The summed E-state index contributed by atoms with van der Waals surface area (Å²) in [4.78, 5) is 10.4. The molecule has 0 saturated carbocycles. The van der Waals surface area contributed by atoms with Crippen molar-refractivity contribution in [3.05, 3.63) is 0 Å². The zero-order chi connectivity index (χ0) is 6.78. The van der Waals surface area contributed by atoms with E-state index in [-0.39, 0.29) is 25.6 Å². The van der Waals surface area contributed by atoms with Crippen molar-refractivity contribution < 1.29 is 28.9 Å². The largest absolute Gasteiger partial charge is 2.00 e. The fraction of sp³-hybridized carbons (Fsp3) is 1.00. The van der Waals surface area contributed by atoms with Crippen molar-refractivity contribution in [2.24, 2.45) is 0 Å². The van der Waals surface area contributed by atoms with Crippen LogP contribution in [0.4, 0.5) is 0 Å². The predicted molar refractivity (Wildman–Crippen MR) is 37.9 cm³/mol. The van der Waals surface area contributed by atoms with Crippen LogP contribution >= 0.6 is 5.69 Å². The van der Waals surface area contributed by atoms with Crippen LogP contribution in [0.1, 0.15) is 13.8 Å². The summed E-state index contributed by atoms with van der Waals surface area (Å²) >= 11 is 8.62. The first-order chi connectivity index (χ1) is 3.42. The Morgan fingerprint density at radius 3 is 2.00 bits per heavy atom. The summed E-state index contributed by atoms with van der Waals surface area (Å²) in [7, 11) is 0. The summed E-state index contributed by atoms with van der Waals surface area (Å²) in [6.07, 6.45) is -0.129. The average molecular weight is 236 g/mol. The van der Waals surface area contributed by atoms with Crippen molar-refractivity contribution in [1.29, 1.82) is 0 Å². The van der Waals surface area contributed by atoms with E-state index in [1.807, 2.05) is 0 Å². The van der Waals surface area contributed by atoms with Gasteiger partial charge in [0.05, 0.1) is 6.10 Å². The molecule has 0 aliphatic heterocycles. The molecule has 0 spiro atoms. The van der Waals surface area contributed by atoms with Crippen LogP contribution in [0.2, 0.25) is 0 Å². The molecule has 0 bridgehead atoms. The van der Waals surface area contributed by atoms with E-state index in [0.29, 0.717) is 0 Å². The van der Waals surface area contributed by atoms with Gasteiger partial charge in [-0.25, -0.2) is 0 Å². The van der Waals surface area contributed by atoms with Gasteiger partial charge in [0.15, 0.2) is 0 Å². The average Bonchev–Trinajstić information content (AvgIpc) is 1.21. The van der Waals surface area contributed by atoms with E-state index in [0.717, 1.165) is 0 Å². The Labute approximate surface area is 78.5 Å². The fourth-order valence-electron chi connectivity index (χ4n) is 0.258. The van der Waals surface area contributed by atoms with Crippen molar-refractivity contribution in [2.45, 2.75) is 20.0 Å². The summed E-state index contributed by atoms with van der Waals surface area (Å²) in [6, 6.07) is 0.